The van der Waals surface area contributed by atoms with Gasteiger partial charge in [0.1, 0.15) is 7.85 Å². The molecule has 0 aliphatic carbocycles. The molecule has 2 radical (unpaired) electrons. The molecule has 2 heteroatoms. The van der Waals surface area contributed by atoms with Crippen molar-refractivity contribution in [3.05, 3.63) is 41.3 Å². The zero-order valence-corrected chi connectivity index (χ0v) is 8.27. The zero-order valence-electron chi connectivity index (χ0n) is 7.45. The van der Waals surface area contributed by atoms with Gasteiger partial charge in [0.05, 0.1) is 0 Å². The molecule has 0 aliphatic rings. The average Bonchev–Trinajstić information content (AvgIpc) is 2.53. The zero-order chi connectivity index (χ0) is 9.26. The van der Waals surface area contributed by atoms with Crippen molar-refractivity contribution in [1.82, 2.24) is 0 Å². The lowest BCUT2D eigenvalue weighted by Gasteiger charge is -2.00. The fraction of sp³-hybridized carbons (Fsp3) is 0.0909. The Morgan fingerprint density at radius 3 is 2.31 bits per heavy atom. The monoisotopic (exact) mass is 184 g/mol. The van der Waals surface area contributed by atoms with E-state index >= 15 is 0 Å². The molecule has 2 rings (SSSR count). The van der Waals surface area contributed by atoms with Crippen LogP contribution in [0, 0.1) is 6.92 Å². The normalized spacial score (nSPS) is 10.2. The summed E-state index contributed by atoms with van der Waals surface area (Å²) in [5, 5.41) is 2.11. The van der Waals surface area contributed by atoms with Crippen LogP contribution in [-0.4, -0.2) is 7.85 Å². The highest BCUT2D eigenvalue weighted by molar-refractivity contribution is 7.13. The van der Waals surface area contributed by atoms with Gasteiger partial charge in [-0.05, 0) is 29.5 Å². The molecule has 0 spiro atoms. The predicted molar refractivity (Wildman–Crippen MR) is 59.9 cm³/mol. The van der Waals surface area contributed by atoms with E-state index in [9.17, 15) is 0 Å². The van der Waals surface area contributed by atoms with Gasteiger partial charge in [0.25, 0.3) is 0 Å². The van der Waals surface area contributed by atoms with Crippen molar-refractivity contribution in [1.29, 1.82) is 0 Å². The summed E-state index contributed by atoms with van der Waals surface area (Å²) in [6.45, 7) is 2.13. The van der Waals surface area contributed by atoms with Crippen molar-refractivity contribution >= 4 is 24.6 Å². The second-order valence-corrected chi connectivity index (χ2v) is 3.97. The SMILES string of the molecule is [B]c1ccc(-c2sccc2C)cc1. The average molecular weight is 184 g/mol. The molecular weight excluding hydrogens is 175 g/mol. The fourth-order valence-electron chi connectivity index (χ4n) is 1.30. The van der Waals surface area contributed by atoms with Crippen LogP contribution in [0.25, 0.3) is 10.4 Å². The second kappa shape index (κ2) is 3.39. The number of hydrogen-bond acceptors (Lipinski definition) is 1. The maximum atomic E-state index is 5.62. The lowest BCUT2D eigenvalue weighted by Crippen LogP contribution is -1.98. The van der Waals surface area contributed by atoms with Crippen LogP contribution in [0.5, 0.6) is 0 Å². The molecule has 1 aromatic heterocycles. The lowest BCUT2D eigenvalue weighted by molar-refractivity contribution is 1.54. The van der Waals surface area contributed by atoms with Gasteiger partial charge in [0, 0.05) is 4.88 Å². The van der Waals surface area contributed by atoms with E-state index in [1.807, 2.05) is 12.1 Å². The molecule has 1 heterocycles. The van der Waals surface area contributed by atoms with Crippen LogP contribution in [0.3, 0.4) is 0 Å². The predicted octanol–water partition coefficient (Wildman–Crippen LogP) is 2.52. The Labute approximate surface area is 83.6 Å². The van der Waals surface area contributed by atoms with Gasteiger partial charge in [-0.1, -0.05) is 29.7 Å². The molecule has 0 saturated carbocycles. The van der Waals surface area contributed by atoms with E-state index in [4.69, 9.17) is 7.85 Å². The molecule has 0 nitrogen and oxygen atoms in total. The Balaban J connectivity index is 2.47. The minimum absolute atomic E-state index is 0.818. The Morgan fingerprint density at radius 2 is 1.77 bits per heavy atom. The molecule has 62 valence electrons. The van der Waals surface area contributed by atoms with Crippen molar-refractivity contribution in [2.75, 3.05) is 0 Å². The van der Waals surface area contributed by atoms with Gasteiger partial charge in [-0.15, -0.1) is 11.3 Å². The standard InChI is InChI=1S/C11H9BS/c1-8-6-7-13-11(8)9-2-4-10(12)5-3-9/h2-7H,1H3. The molecule has 2 aromatic rings. The van der Waals surface area contributed by atoms with Crippen molar-refractivity contribution < 1.29 is 0 Å². The van der Waals surface area contributed by atoms with Crippen LogP contribution in [0.2, 0.25) is 0 Å². The molecule has 0 aliphatic heterocycles. The van der Waals surface area contributed by atoms with Gasteiger partial charge in [-0.25, -0.2) is 0 Å². The smallest absolute Gasteiger partial charge is 0.113 e. The van der Waals surface area contributed by atoms with E-state index < -0.39 is 0 Å². The lowest BCUT2D eigenvalue weighted by atomic mass is 9.95. The van der Waals surface area contributed by atoms with Crippen molar-refractivity contribution in [2.45, 2.75) is 6.92 Å². The van der Waals surface area contributed by atoms with Crippen molar-refractivity contribution in [3.63, 3.8) is 0 Å². The number of thiophene rings is 1. The van der Waals surface area contributed by atoms with Crippen LogP contribution in [-0.2, 0) is 0 Å². The van der Waals surface area contributed by atoms with Crippen LogP contribution in [0.15, 0.2) is 35.7 Å². The summed E-state index contributed by atoms with van der Waals surface area (Å²) in [5.41, 5.74) is 3.40. The highest BCUT2D eigenvalue weighted by Gasteiger charge is 2.01. The molecule has 0 amide bonds. The van der Waals surface area contributed by atoms with Crippen molar-refractivity contribution in [2.24, 2.45) is 0 Å². The number of rotatable bonds is 1. The van der Waals surface area contributed by atoms with E-state index in [0.29, 0.717) is 0 Å². The molecule has 1 aromatic carbocycles. The number of aryl methyl sites for hydroxylation is 1. The first-order valence-corrected chi connectivity index (χ1v) is 5.05. The van der Waals surface area contributed by atoms with Crippen LogP contribution in [0.1, 0.15) is 5.56 Å². The van der Waals surface area contributed by atoms with Gasteiger partial charge in [-0.2, -0.15) is 0 Å². The maximum absolute atomic E-state index is 5.62. The third-order valence-electron chi connectivity index (χ3n) is 2.03. The summed E-state index contributed by atoms with van der Waals surface area (Å²) in [4.78, 5) is 1.33. The van der Waals surface area contributed by atoms with E-state index in [-0.39, 0.29) is 0 Å². The minimum atomic E-state index is 0.818. The van der Waals surface area contributed by atoms with E-state index in [0.717, 1.165) is 5.46 Å². The summed E-state index contributed by atoms with van der Waals surface area (Å²) in [6, 6.07) is 10.1. The molecule has 0 atom stereocenters. The van der Waals surface area contributed by atoms with Gasteiger partial charge in [-0.3, -0.25) is 0 Å². The molecule has 0 unspecified atom stereocenters. The van der Waals surface area contributed by atoms with Gasteiger partial charge in [0.2, 0.25) is 0 Å². The first-order chi connectivity index (χ1) is 6.27. The summed E-state index contributed by atoms with van der Waals surface area (Å²) in [7, 11) is 5.62. The topological polar surface area (TPSA) is 0 Å². The van der Waals surface area contributed by atoms with Gasteiger partial charge >= 0.3 is 0 Å². The molecule has 0 saturated heterocycles. The molecular formula is C11H9BS. The van der Waals surface area contributed by atoms with Crippen LogP contribution >= 0.6 is 11.3 Å². The summed E-state index contributed by atoms with van der Waals surface area (Å²) in [6.07, 6.45) is 0. The summed E-state index contributed by atoms with van der Waals surface area (Å²) >= 11 is 1.77. The summed E-state index contributed by atoms with van der Waals surface area (Å²) < 4.78 is 0. The Morgan fingerprint density at radius 1 is 1.08 bits per heavy atom. The maximum Gasteiger partial charge on any atom is 0.113 e. The quantitative estimate of drug-likeness (QED) is 0.597. The number of benzene rings is 1. The van der Waals surface area contributed by atoms with E-state index in [2.05, 4.69) is 30.5 Å². The third kappa shape index (κ3) is 1.68. The minimum Gasteiger partial charge on any atom is -0.144 e. The van der Waals surface area contributed by atoms with Gasteiger partial charge < -0.3 is 0 Å². The van der Waals surface area contributed by atoms with E-state index in [1.165, 1.54) is 16.0 Å². The third-order valence-corrected chi connectivity index (χ3v) is 3.10. The molecule has 0 fully saturated rings. The molecule has 0 bridgehead atoms. The first-order valence-electron chi connectivity index (χ1n) is 4.17. The fourth-order valence-corrected chi connectivity index (χ4v) is 2.24. The van der Waals surface area contributed by atoms with E-state index in [1.54, 1.807) is 11.3 Å². The Hall–Kier alpha value is -1.02. The van der Waals surface area contributed by atoms with Crippen molar-refractivity contribution in [3.8, 4) is 10.4 Å². The van der Waals surface area contributed by atoms with Gasteiger partial charge in [0.15, 0.2) is 0 Å². The first kappa shape index (κ1) is 8.58. The van der Waals surface area contributed by atoms with Crippen LogP contribution < -0.4 is 5.46 Å². The highest BCUT2D eigenvalue weighted by atomic mass is 32.1. The molecule has 13 heavy (non-hydrogen) atoms. The second-order valence-electron chi connectivity index (χ2n) is 3.05. The largest absolute Gasteiger partial charge is 0.144 e. The molecule has 0 N–H and O–H groups in total. The van der Waals surface area contributed by atoms with Crippen LogP contribution in [0.4, 0.5) is 0 Å². The number of hydrogen-bond donors (Lipinski definition) is 0. The Kier molecular flexibility index (Phi) is 2.23. The Bertz CT molecular complexity index is 400. The highest BCUT2D eigenvalue weighted by Crippen LogP contribution is 2.27. The summed E-state index contributed by atoms with van der Waals surface area (Å²) in [5.74, 6) is 0.